The number of nitrogens with zero attached hydrogens (tertiary/aromatic N) is 4. The molecule has 0 aliphatic heterocycles. The van der Waals surface area contributed by atoms with Gasteiger partial charge in [0.25, 0.3) is 0 Å². The predicted octanol–water partition coefficient (Wildman–Crippen LogP) is 2.47. The third-order valence-electron chi connectivity index (χ3n) is 4.57. The van der Waals surface area contributed by atoms with Gasteiger partial charge < -0.3 is 30.6 Å². The number of aliphatic hydroxyl groups is 1. The number of hydrogen-bond donors (Lipinski definition) is 3. The van der Waals surface area contributed by atoms with Gasteiger partial charge in [-0.3, -0.25) is 4.99 Å². The molecular formula is C23H23FN6O3. The fourth-order valence-electron chi connectivity index (χ4n) is 2.85. The largest absolute Gasteiger partial charge is 0.487 e. The summed E-state index contributed by atoms with van der Waals surface area (Å²) < 4.78 is 27.3. The van der Waals surface area contributed by atoms with Crippen LogP contribution in [0.2, 0.25) is 0 Å². The lowest BCUT2D eigenvalue weighted by Crippen LogP contribution is -2.19. The average Bonchev–Trinajstić information content (AvgIpc) is 3.21. The van der Waals surface area contributed by atoms with Crippen LogP contribution in [0.15, 0.2) is 65.6 Å². The summed E-state index contributed by atoms with van der Waals surface area (Å²) in [5.74, 6) is 0.432. The lowest BCUT2D eigenvalue weighted by atomic mass is 10.1. The third-order valence-corrected chi connectivity index (χ3v) is 4.57. The number of benzene rings is 2. The highest BCUT2D eigenvalue weighted by Crippen LogP contribution is 2.28. The summed E-state index contributed by atoms with van der Waals surface area (Å²) in [6, 6.07) is 12.5. The van der Waals surface area contributed by atoms with E-state index in [0.717, 1.165) is 5.69 Å². The molecule has 170 valence electrons. The maximum Gasteiger partial charge on any atom is 0.138 e. The highest BCUT2D eigenvalue weighted by atomic mass is 19.1. The Morgan fingerprint density at radius 2 is 1.91 bits per heavy atom. The van der Waals surface area contributed by atoms with Crippen LogP contribution in [0.1, 0.15) is 11.3 Å². The van der Waals surface area contributed by atoms with Crippen molar-refractivity contribution < 1.29 is 19.0 Å². The number of amidine groups is 1. The van der Waals surface area contributed by atoms with Gasteiger partial charge in [-0.2, -0.15) is 5.26 Å². The minimum Gasteiger partial charge on any atom is -0.487 e. The van der Waals surface area contributed by atoms with E-state index in [-0.39, 0.29) is 42.6 Å². The van der Waals surface area contributed by atoms with Crippen LogP contribution in [0, 0.1) is 17.1 Å². The van der Waals surface area contributed by atoms with Crippen LogP contribution < -0.4 is 20.9 Å². The first-order chi connectivity index (χ1) is 15.9. The number of nitriles is 1. The molecular weight excluding hydrogens is 427 g/mol. The summed E-state index contributed by atoms with van der Waals surface area (Å²) in [5, 5.41) is 18.2. The number of imidazole rings is 1. The number of nitrogens with two attached hydrogens (primary N) is 2. The number of rotatable bonds is 9. The van der Waals surface area contributed by atoms with Gasteiger partial charge in [0, 0.05) is 25.2 Å². The van der Waals surface area contributed by atoms with E-state index in [4.69, 9.17) is 26.0 Å². The zero-order valence-corrected chi connectivity index (χ0v) is 17.9. The maximum atomic E-state index is 14.1. The Kier molecular flexibility index (Phi) is 7.62. The fraction of sp³-hybridized carbons (Fsp3) is 0.174. The molecule has 3 rings (SSSR count). The molecule has 0 bridgehead atoms. The SMILES string of the molecule is Cn1cncc1COc1cc(F)cc(Oc2ccc(/C(N)=C(\C#N)C(N)=NCCO)cc2)c1. The van der Waals surface area contributed by atoms with Crippen molar-refractivity contribution in [2.75, 3.05) is 13.2 Å². The van der Waals surface area contributed by atoms with E-state index in [1.54, 1.807) is 42.9 Å². The van der Waals surface area contributed by atoms with Crippen LogP contribution in [0.25, 0.3) is 5.70 Å². The molecule has 3 aromatic rings. The molecule has 33 heavy (non-hydrogen) atoms. The van der Waals surface area contributed by atoms with Gasteiger partial charge in [0.15, 0.2) is 0 Å². The lowest BCUT2D eigenvalue weighted by Gasteiger charge is -2.11. The summed E-state index contributed by atoms with van der Waals surface area (Å²) in [6.45, 7) is 0.103. The first-order valence-corrected chi connectivity index (χ1v) is 9.89. The van der Waals surface area contributed by atoms with Crippen LogP contribution in [0.3, 0.4) is 0 Å². The number of ether oxygens (including phenoxy) is 2. The van der Waals surface area contributed by atoms with Gasteiger partial charge in [-0.25, -0.2) is 9.37 Å². The Hall–Kier alpha value is -4.36. The molecule has 0 unspecified atom stereocenters. The standard InChI is InChI=1S/C23H23FN6O3/c1-30-14-28-12-17(30)13-32-19-8-16(24)9-20(10-19)33-18-4-2-15(3-5-18)22(26)21(11-25)23(27)29-6-7-31/h2-5,8-10,12,14,31H,6-7,13,26H2,1H3,(H2,27,29)/b22-21-. The number of aliphatic hydroxyl groups excluding tert-OH is 1. The number of aliphatic imine (C=N–C) groups is 1. The first kappa shape index (κ1) is 23.3. The molecule has 0 atom stereocenters. The van der Waals surface area contributed by atoms with Crippen LogP contribution in [0.5, 0.6) is 17.2 Å². The van der Waals surface area contributed by atoms with Crippen molar-refractivity contribution in [3.05, 3.63) is 77.6 Å². The molecule has 9 nitrogen and oxygen atoms in total. The number of hydrogen-bond acceptors (Lipinski definition) is 7. The lowest BCUT2D eigenvalue weighted by molar-refractivity contribution is 0.294. The number of halogens is 1. The topological polar surface area (TPSA) is 145 Å². The molecule has 1 heterocycles. The van der Waals surface area contributed by atoms with Gasteiger partial charge in [0.1, 0.15) is 47.2 Å². The summed E-state index contributed by atoms with van der Waals surface area (Å²) in [4.78, 5) is 7.91. The van der Waals surface area contributed by atoms with Gasteiger partial charge in [0.05, 0.1) is 37.1 Å². The molecule has 0 saturated heterocycles. The fourth-order valence-corrected chi connectivity index (χ4v) is 2.85. The van der Waals surface area contributed by atoms with Gasteiger partial charge >= 0.3 is 0 Å². The summed E-state index contributed by atoms with van der Waals surface area (Å²) >= 11 is 0. The van der Waals surface area contributed by atoms with E-state index in [2.05, 4.69) is 9.98 Å². The van der Waals surface area contributed by atoms with Crippen molar-refractivity contribution in [2.24, 2.45) is 23.5 Å². The number of aryl methyl sites for hydroxylation is 1. The molecule has 0 fully saturated rings. The maximum absolute atomic E-state index is 14.1. The molecule has 1 aromatic heterocycles. The van der Waals surface area contributed by atoms with Crippen LogP contribution >= 0.6 is 0 Å². The Morgan fingerprint density at radius 1 is 1.18 bits per heavy atom. The van der Waals surface area contributed by atoms with Crippen molar-refractivity contribution in [3.63, 3.8) is 0 Å². The Bertz CT molecular complexity index is 1210. The average molecular weight is 450 g/mol. The molecule has 5 N–H and O–H groups in total. The summed E-state index contributed by atoms with van der Waals surface area (Å²) in [5.41, 5.74) is 13.4. The summed E-state index contributed by atoms with van der Waals surface area (Å²) in [6.07, 6.45) is 3.32. The Labute approximate surface area is 190 Å². The molecule has 2 aromatic carbocycles. The normalized spacial score (nSPS) is 12.1. The summed E-state index contributed by atoms with van der Waals surface area (Å²) in [7, 11) is 1.84. The van der Waals surface area contributed by atoms with Crippen molar-refractivity contribution in [3.8, 4) is 23.3 Å². The van der Waals surface area contributed by atoms with E-state index in [1.807, 2.05) is 17.7 Å². The third kappa shape index (κ3) is 6.09. The molecule has 0 spiro atoms. The molecule has 0 radical (unpaired) electrons. The highest BCUT2D eigenvalue weighted by Gasteiger charge is 2.11. The minimum atomic E-state index is -0.507. The van der Waals surface area contributed by atoms with E-state index in [0.29, 0.717) is 17.1 Å². The van der Waals surface area contributed by atoms with Gasteiger partial charge in [-0.05, 0) is 29.8 Å². The van der Waals surface area contributed by atoms with Crippen LogP contribution in [0.4, 0.5) is 4.39 Å². The Balaban J connectivity index is 1.74. The monoisotopic (exact) mass is 450 g/mol. The zero-order chi connectivity index (χ0) is 23.8. The quantitative estimate of drug-likeness (QED) is 0.258. The van der Waals surface area contributed by atoms with Crippen molar-refractivity contribution in [1.82, 2.24) is 9.55 Å². The predicted molar refractivity (Wildman–Crippen MR) is 121 cm³/mol. The second kappa shape index (κ2) is 10.8. The van der Waals surface area contributed by atoms with E-state index in [1.165, 1.54) is 12.1 Å². The molecule has 0 amide bonds. The first-order valence-electron chi connectivity index (χ1n) is 9.89. The molecule has 10 heteroatoms. The van der Waals surface area contributed by atoms with E-state index >= 15 is 0 Å². The van der Waals surface area contributed by atoms with Gasteiger partial charge in [-0.15, -0.1) is 0 Å². The highest BCUT2D eigenvalue weighted by molar-refractivity contribution is 6.06. The molecule has 0 aliphatic rings. The zero-order valence-electron chi connectivity index (χ0n) is 17.9. The Morgan fingerprint density at radius 3 is 2.55 bits per heavy atom. The number of aromatic nitrogens is 2. The van der Waals surface area contributed by atoms with E-state index < -0.39 is 5.82 Å². The van der Waals surface area contributed by atoms with Crippen molar-refractivity contribution in [1.29, 1.82) is 5.26 Å². The molecule has 0 aliphatic carbocycles. The van der Waals surface area contributed by atoms with Gasteiger partial charge in [-0.1, -0.05) is 0 Å². The van der Waals surface area contributed by atoms with Crippen molar-refractivity contribution >= 4 is 11.5 Å². The van der Waals surface area contributed by atoms with Crippen molar-refractivity contribution in [2.45, 2.75) is 6.61 Å². The second-order valence-electron chi connectivity index (χ2n) is 6.92. The minimum absolute atomic E-state index is 0.0115. The van der Waals surface area contributed by atoms with Crippen LogP contribution in [-0.2, 0) is 13.7 Å². The van der Waals surface area contributed by atoms with E-state index in [9.17, 15) is 9.65 Å². The van der Waals surface area contributed by atoms with Crippen LogP contribution in [-0.4, -0.2) is 33.6 Å². The second-order valence-corrected chi connectivity index (χ2v) is 6.92. The molecule has 0 saturated carbocycles. The van der Waals surface area contributed by atoms with Gasteiger partial charge in [0.2, 0.25) is 0 Å². The smallest absolute Gasteiger partial charge is 0.138 e.